The molecular weight excluding hydrogens is 244 g/mol. The standard InChI is InChI=1S/C14H16N2OS/c1-16(2)15-14(17)10-18-13-8-7-11-5-3-4-6-12(11)9-13/h3-9H,10H2,1-2H3,(H,15,17). The van der Waals surface area contributed by atoms with E-state index in [-0.39, 0.29) is 5.91 Å². The molecule has 0 heterocycles. The number of benzene rings is 2. The molecule has 1 N–H and O–H groups in total. The minimum atomic E-state index is 0.0122. The van der Waals surface area contributed by atoms with Crippen LogP contribution in [-0.2, 0) is 4.79 Å². The van der Waals surface area contributed by atoms with Gasteiger partial charge in [-0.05, 0) is 22.9 Å². The van der Waals surface area contributed by atoms with E-state index in [9.17, 15) is 4.79 Å². The first kappa shape index (κ1) is 12.9. The molecule has 0 radical (unpaired) electrons. The third kappa shape index (κ3) is 3.48. The lowest BCUT2D eigenvalue weighted by Gasteiger charge is -2.11. The van der Waals surface area contributed by atoms with Gasteiger partial charge in [-0.2, -0.15) is 0 Å². The third-order valence-corrected chi connectivity index (χ3v) is 3.43. The number of hydrogen-bond donors (Lipinski definition) is 1. The molecule has 0 aromatic heterocycles. The highest BCUT2D eigenvalue weighted by Gasteiger charge is 2.03. The van der Waals surface area contributed by atoms with Gasteiger partial charge in [-0.1, -0.05) is 30.3 Å². The summed E-state index contributed by atoms with van der Waals surface area (Å²) in [6, 6.07) is 14.5. The van der Waals surface area contributed by atoms with Crippen LogP contribution in [0.3, 0.4) is 0 Å². The molecule has 2 aromatic carbocycles. The van der Waals surface area contributed by atoms with E-state index in [4.69, 9.17) is 0 Å². The van der Waals surface area contributed by atoms with Gasteiger partial charge in [-0.25, -0.2) is 5.01 Å². The molecule has 2 rings (SSSR count). The Morgan fingerprint density at radius 2 is 1.89 bits per heavy atom. The Morgan fingerprint density at radius 1 is 1.17 bits per heavy atom. The van der Waals surface area contributed by atoms with Gasteiger partial charge in [0.2, 0.25) is 5.91 Å². The van der Waals surface area contributed by atoms with Gasteiger partial charge in [-0.15, -0.1) is 11.8 Å². The van der Waals surface area contributed by atoms with E-state index in [1.165, 1.54) is 10.8 Å². The molecule has 4 heteroatoms. The number of fused-ring (bicyclic) bond motifs is 1. The highest BCUT2D eigenvalue weighted by atomic mass is 32.2. The van der Waals surface area contributed by atoms with Crippen molar-refractivity contribution in [3.05, 3.63) is 42.5 Å². The first-order chi connectivity index (χ1) is 8.65. The van der Waals surface area contributed by atoms with Crippen LogP contribution in [0.2, 0.25) is 0 Å². The molecule has 0 fully saturated rings. The molecular formula is C14H16N2OS. The predicted molar refractivity (Wildman–Crippen MR) is 76.5 cm³/mol. The summed E-state index contributed by atoms with van der Waals surface area (Å²) >= 11 is 1.55. The lowest BCUT2D eigenvalue weighted by Crippen LogP contribution is -2.37. The molecule has 0 aliphatic heterocycles. The van der Waals surface area contributed by atoms with Crippen LogP contribution in [0.15, 0.2) is 47.4 Å². The highest BCUT2D eigenvalue weighted by Crippen LogP contribution is 2.23. The number of amides is 1. The summed E-state index contributed by atoms with van der Waals surface area (Å²) in [4.78, 5) is 12.6. The summed E-state index contributed by atoms with van der Waals surface area (Å²) in [5.74, 6) is 0.439. The van der Waals surface area contributed by atoms with Gasteiger partial charge < -0.3 is 0 Å². The number of hydrazine groups is 1. The van der Waals surface area contributed by atoms with Gasteiger partial charge in [0, 0.05) is 19.0 Å². The van der Waals surface area contributed by atoms with Crippen molar-refractivity contribution >= 4 is 28.4 Å². The van der Waals surface area contributed by atoms with E-state index in [2.05, 4.69) is 35.8 Å². The first-order valence-electron chi connectivity index (χ1n) is 5.73. The summed E-state index contributed by atoms with van der Waals surface area (Å²) in [6.45, 7) is 0. The molecule has 94 valence electrons. The van der Waals surface area contributed by atoms with Gasteiger partial charge in [0.05, 0.1) is 5.75 Å². The van der Waals surface area contributed by atoms with Crippen LogP contribution in [0.5, 0.6) is 0 Å². The van der Waals surface area contributed by atoms with E-state index in [1.807, 2.05) is 12.1 Å². The molecule has 2 aromatic rings. The molecule has 1 amide bonds. The normalized spacial score (nSPS) is 10.8. The van der Waals surface area contributed by atoms with Crippen LogP contribution in [0.25, 0.3) is 10.8 Å². The summed E-state index contributed by atoms with van der Waals surface area (Å²) in [6.07, 6.45) is 0. The summed E-state index contributed by atoms with van der Waals surface area (Å²) in [5, 5.41) is 4.08. The molecule has 0 atom stereocenters. The van der Waals surface area contributed by atoms with E-state index in [1.54, 1.807) is 30.9 Å². The minimum Gasteiger partial charge on any atom is -0.289 e. The van der Waals surface area contributed by atoms with Gasteiger partial charge in [0.25, 0.3) is 0 Å². The zero-order valence-corrected chi connectivity index (χ0v) is 11.3. The van der Waals surface area contributed by atoms with Crippen molar-refractivity contribution in [2.45, 2.75) is 4.90 Å². The number of nitrogens with zero attached hydrogens (tertiary/aromatic N) is 1. The summed E-state index contributed by atoms with van der Waals surface area (Å²) < 4.78 is 0. The first-order valence-corrected chi connectivity index (χ1v) is 6.72. The Kier molecular flexibility index (Phi) is 4.23. The SMILES string of the molecule is CN(C)NC(=O)CSc1ccc2ccccc2c1. The lowest BCUT2D eigenvalue weighted by atomic mass is 10.1. The van der Waals surface area contributed by atoms with Crippen molar-refractivity contribution in [3.63, 3.8) is 0 Å². The number of rotatable bonds is 4. The summed E-state index contributed by atoms with van der Waals surface area (Å²) in [7, 11) is 3.61. The van der Waals surface area contributed by atoms with Crippen LogP contribution in [-0.4, -0.2) is 30.8 Å². The summed E-state index contributed by atoms with van der Waals surface area (Å²) in [5.41, 5.74) is 2.72. The Morgan fingerprint density at radius 3 is 2.61 bits per heavy atom. The molecule has 0 aliphatic carbocycles. The number of carbonyl (C=O) groups is 1. The van der Waals surface area contributed by atoms with Crippen molar-refractivity contribution in [2.75, 3.05) is 19.8 Å². The zero-order chi connectivity index (χ0) is 13.0. The number of nitrogens with one attached hydrogen (secondary N) is 1. The fourth-order valence-corrected chi connectivity index (χ4v) is 2.42. The van der Waals surface area contributed by atoms with Gasteiger partial charge in [0.15, 0.2) is 0 Å². The van der Waals surface area contributed by atoms with E-state index >= 15 is 0 Å². The van der Waals surface area contributed by atoms with Crippen LogP contribution >= 0.6 is 11.8 Å². The monoisotopic (exact) mass is 260 g/mol. The quantitative estimate of drug-likeness (QED) is 0.677. The van der Waals surface area contributed by atoms with Crippen molar-refractivity contribution in [1.29, 1.82) is 0 Å². The average Bonchev–Trinajstić information content (AvgIpc) is 2.35. The Balaban J connectivity index is 2.01. The molecule has 0 saturated heterocycles. The topological polar surface area (TPSA) is 32.3 Å². The average molecular weight is 260 g/mol. The zero-order valence-electron chi connectivity index (χ0n) is 10.5. The van der Waals surface area contributed by atoms with Gasteiger partial charge >= 0.3 is 0 Å². The van der Waals surface area contributed by atoms with Crippen molar-refractivity contribution in [3.8, 4) is 0 Å². The predicted octanol–water partition coefficient (Wildman–Crippen LogP) is 2.52. The van der Waals surface area contributed by atoms with Gasteiger partial charge in [0.1, 0.15) is 0 Å². The maximum atomic E-state index is 11.5. The van der Waals surface area contributed by atoms with Crippen molar-refractivity contribution in [2.24, 2.45) is 0 Å². The molecule has 3 nitrogen and oxygen atoms in total. The van der Waals surface area contributed by atoms with E-state index < -0.39 is 0 Å². The molecule has 0 aliphatic rings. The second-order valence-electron chi connectivity index (χ2n) is 4.23. The Bertz CT molecular complexity index is 554. The van der Waals surface area contributed by atoms with Crippen LogP contribution in [0.4, 0.5) is 0 Å². The molecule has 0 spiro atoms. The van der Waals surface area contributed by atoms with Crippen molar-refractivity contribution in [1.82, 2.24) is 10.4 Å². The largest absolute Gasteiger partial charge is 0.289 e. The maximum absolute atomic E-state index is 11.5. The lowest BCUT2D eigenvalue weighted by molar-refractivity contribution is -0.122. The van der Waals surface area contributed by atoms with Crippen LogP contribution in [0, 0.1) is 0 Å². The van der Waals surface area contributed by atoms with Gasteiger partial charge in [-0.3, -0.25) is 10.2 Å². The van der Waals surface area contributed by atoms with Crippen molar-refractivity contribution < 1.29 is 4.79 Å². The fraction of sp³-hybridized carbons (Fsp3) is 0.214. The van der Waals surface area contributed by atoms with Crippen LogP contribution < -0.4 is 5.43 Å². The minimum absolute atomic E-state index is 0.0122. The second kappa shape index (κ2) is 5.89. The Hall–Kier alpha value is -1.52. The van der Waals surface area contributed by atoms with E-state index in [0.717, 1.165) is 4.90 Å². The molecule has 0 unspecified atom stereocenters. The molecule has 0 saturated carbocycles. The van der Waals surface area contributed by atoms with Crippen LogP contribution in [0.1, 0.15) is 0 Å². The fourth-order valence-electron chi connectivity index (χ4n) is 1.69. The smallest absolute Gasteiger partial charge is 0.244 e. The van der Waals surface area contributed by atoms with E-state index in [0.29, 0.717) is 5.75 Å². The maximum Gasteiger partial charge on any atom is 0.244 e. The molecule has 18 heavy (non-hydrogen) atoms. The second-order valence-corrected chi connectivity index (χ2v) is 5.28. The highest BCUT2D eigenvalue weighted by molar-refractivity contribution is 8.00. The number of thioether (sulfide) groups is 1. The molecule has 0 bridgehead atoms. The number of hydrogen-bond acceptors (Lipinski definition) is 3. The number of carbonyl (C=O) groups excluding carboxylic acids is 1. The third-order valence-electron chi connectivity index (χ3n) is 2.44. The Labute approximate surface area is 111 Å².